The molecule has 2 aromatic carbocycles. The van der Waals surface area contributed by atoms with E-state index in [2.05, 4.69) is 22.4 Å². The minimum Gasteiger partial charge on any atom is -0.374 e. The van der Waals surface area contributed by atoms with Crippen molar-refractivity contribution in [1.82, 2.24) is 10.2 Å². The van der Waals surface area contributed by atoms with Crippen LogP contribution in [0.3, 0.4) is 0 Å². The Kier molecular flexibility index (Phi) is 5.12. The molecular weight excluding hydrogens is 340 g/mol. The molecule has 0 saturated heterocycles. The molecule has 0 saturated carbocycles. The Morgan fingerprint density at radius 2 is 1.96 bits per heavy atom. The second-order valence-corrected chi connectivity index (χ2v) is 7.71. The van der Waals surface area contributed by atoms with Gasteiger partial charge >= 0.3 is 0 Å². The lowest BCUT2D eigenvalue weighted by Crippen LogP contribution is -2.11. The lowest BCUT2D eigenvalue weighted by Gasteiger charge is -2.12. The highest BCUT2D eigenvalue weighted by molar-refractivity contribution is 8.01. The summed E-state index contributed by atoms with van der Waals surface area (Å²) in [6, 6.07) is 17.0. The van der Waals surface area contributed by atoms with E-state index in [1.807, 2.05) is 42.5 Å². The summed E-state index contributed by atoms with van der Waals surface area (Å²) in [4.78, 5) is 12.2. The number of aromatic nitrogens is 2. The van der Waals surface area contributed by atoms with Crippen LogP contribution < -0.4 is 11.1 Å². The minimum absolute atomic E-state index is 0.120. The number of carbonyl (C=O) groups is 1. The summed E-state index contributed by atoms with van der Waals surface area (Å²) >= 11 is 2.97. The third-order valence-electron chi connectivity index (χ3n) is 3.35. The summed E-state index contributed by atoms with van der Waals surface area (Å²) in [6.45, 7) is 2.08. The predicted octanol–water partition coefficient (Wildman–Crippen LogP) is 4.23. The van der Waals surface area contributed by atoms with Gasteiger partial charge in [-0.2, -0.15) is 0 Å². The zero-order valence-electron chi connectivity index (χ0n) is 13.0. The van der Waals surface area contributed by atoms with Crippen LogP contribution in [0.1, 0.15) is 28.1 Å². The van der Waals surface area contributed by atoms with Crippen molar-refractivity contribution in [2.24, 2.45) is 0 Å². The van der Waals surface area contributed by atoms with Gasteiger partial charge in [-0.3, -0.25) is 4.79 Å². The van der Waals surface area contributed by atoms with Crippen LogP contribution in [-0.4, -0.2) is 16.1 Å². The van der Waals surface area contributed by atoms with E-state index in [9.17, 15) is 4.79 Å². The second kappa shape index (κ2) is 7.46. The van der Waals surface area contributed by atoms with Crippen molar-refractivity contribution in [2.75, 3.05) is 11.1 Å². The van der Waals surface area contributed by atoms with Crippen LogP contribution in [0.5, 0.6) is 0 Å². The lowest BCUT2D eigenvalue weighted by molar-refractivity contribution is 0.102. The number of rotatable bonds is 5. The maximum Gasteiger partial charge on any atom is 0.255 e. The molecule has 1 heterocycles. The normalized spacial score (nSPS) is 11.9. The molecule has 0 aliphatic carbocycles. The first-order valence-electron chi connectivity index (χ1n) is 7.34. The van der Waals surface area contributed by atoms with Crippen molar-refractivity contribution >= 4 is 39.8 Å². The molecule has 1 atom stereocenters. The first-order chi connectivity index (χ1) is 11.6. The van der Waals surface area contributed by atoms with Crippen LogP contribution in [-0.2, 0) is 0 Å². The van der Waals surface area contributed by atoms with Gasteiger partial charge in [-0.05, 0) is 36.8 Å². The van der Waals surface area contributed by atoms with Crippen molar-refractivity contribution in [1.29, 1.82) is 0 Å². The summed E-state index contributed by atoms with van der Waals surface area (Å²) in [5.74, 6) is -0.120. The molecule has 24 heavy (non-hydrogen) atoms. The molecule has 7 heteroatoms. The highest BCUT2D eigenvalue weighted by Gasteiger charge is 2.12. The van der Waals surface area contributed by atoms with Gasteiger partial charge in [0, 0.05) is 16.5 Å². The largest absolute Gasteiger partial charge is 0.374 e. The zero-order chi connectivity index (χ0) is 16.9. The molecule has 5 nitrogen and oxygen atoms in total. The highest BCUT2D eigenvalue weighted by Crippen LogP contribution is 2.37. The Labute approximate surface area is 148 Å². The number of hydrogen-bond acceptors (Lipinski definition) is 6. The maximum atomic E-state index is 12.2. The monoisotopic (exact) mass is 356 g/mol. The van der Waals surface area contributed by atoms with Crippen LogP contribution in [0.25, 0.3) is 0 Å². The third-order valence-corrected chi connectivity index (χ3v) is 5.34. The van der Waals surface area contributed by atoms with E-state index in [4.69, 9.17) is 5.73 Å². The number of anilines is 2. The average Bonchev–Trinajstić information content (AvgIpc) is 3.00. The van der Waals surface area contributed by atoms with E-state index in [1.165, 1.54) is 11.3 Å². The molecule has 3 aromatic rings. The Hall–Kier alpha value is -2.38. The molecule has 0 aliphatic heterocycles. The quantitative estimate of drug-likeness (QED) is 0.669. The maximum absolute atomic E-state index is 12.2. The fourth-order valence-corrected chi connectivity index (χ4v) is 4.05. The Bertz CT molecular complexity index is 835. The number of nitrogens with two attached hydrogens (primary N) is 1. The molecule has 0 bridgehead atoms. The molecule has 3 rings (SSSR count). The highest BCUT2D eigenvalue weighted by atomic mass is 32.2. The van der Waals surface area contributed by atoms with Crippen LogP contribution in [0, 0.1) is 0 Å². The average molecular weight is 356 g/mol. The van der Waals surface area contributed by atoms with E-state index in [0.29, 0.717) is 10.7 Å². The van der Waals surface area contributed by atoms with Gasteiger partial charge in [-0.15, -0.1) is 10.2 Å². The Morgan fingerprint density at radius 1 is 1.17 bits per heavy atom. The predicted molar refractivity (Wildman–Crippen MR) is 99.4 cm³/mol. The fraction of sp³-hybridized carbons (Fsp3) is 0.118. The van der Waals surface area contributed by atoms with E-state index >= 15 is 0 Å². The van der Waals surface area contributed by atoms with Gasteiger partial charge in [0.15, 0.2) is 4.34 Å². The van der Waals surface area contributed by atoms with Gasteiger partial charge in [-0.25, -0.2) is 0 Å². The van der Waals surface area contributed by atoms with E-state index in [1.54, 1.807) is 23.9 Å². The van der Waals surface area contributed by atoms with Gasteiger partial charge < -0.3 is 11.1 Å². The van der Waals surface area contributed by atoms with Gasteiger partial charge in [0.25, 0.3) is 5.91 Å². The zero-order valence-corrected chi connectivity index (χ0v) is 14.6. The van der Waals surface area contributed by atoms with Crippen LogP contribution in [0.4, 0.5) is 10.8 Å². The van der Waals surface area contributed by atoms with Crippen LogP contribution in [0.15, 0.2) is 58.9 Å². The fourth-order valence-electron chi connectivity index (χ4n) is 2.15. The number of carbonyl (C=O) groups excluding carboxylic acids is 1. The Morgan fingerprint density at radius 3 is 2.67 bits per heavy atom. The summed E-state index contributed by atoms with van der Waals surface area (Å²) in [5.41, 5.74) is 8.11. The summed E-state index contributed by atoms with van der Waals surface area (Å²) in [7, 11) is 0. The number of benzene rings is 2. The van der Waals surface area contributed by atoms with Gasteiger partial charge in [-0.1, -0.05) is 53.4 Å². The van der Waals surface area contributed by atoms with Gasteiger partial charge in [0.2, 0.25) is 5.13 Å². The number of hydrogen-bond donors (Lipinski definition) is 2. The molecular formula is C17H16N4OS2. The van der Waals surface area contributed by atoms with Crippen molar-refractivity contribution in [3.63, 3.8) is 0 Å². The molecule has 0 radical (unpaired) electrons. The van der Waals surface area contributed by atoms with Crippen molar-refractivity contribution in [2.45, 2.75) is 16.5 Å². The van der Waals surface area contributed by atoms with Crippen LogP contribution in [0.2, 0.25) is 0 Å². The van der Waals surface area contributed by atoms with Crippen molar-refractivity contribution in [3.8, 4) is 0 Å². The first kappa shape index (κ1) is 16.5. The molecule has 122 valence electrons. The van der Waals surface area contributed by atoms with Crippen LogP contribution >= 0.6 is 23.1 Å². The lowest BCUT2D eigenvalue weighted by atomic mass is 10.1. The van der Waals surface area contributed by atoms with Crippen molar-refractivity contribution < 1.29 is 4.79 Å². The van der Waals surface area contributed by atoms with Crippen molar-refractivity contribution in [3.05, 3.63) is 65.7 Å². The van der Waals surface area contributed by atoms with Gasteiger partial charge in [0.05, 0.1) is 0 Å². The molecule has 0 fully saturated rings. The topological polar surface area (TPSA) is 80.9 Å². The van der Waals surface area contributed by atoms with E-state index in [0.717, 1.165) is 15.6 Å². The SMILES string of the molecule is C[C@@H](Sc1nnc(N)s1)c1cccc(NC(=O)c2ccccc2)c1. The second-order valence-electron chi connectivity index (χ2n) is 5.11. The van der Waals surface area contributed by atoms with Gasteiger partial charge in [0.1, 0.15) is 0 Å². The molecule has 1 aromatic heterocycles. The smallest absolute Gasteiger partial charge is 0.255 e. The molecule has 0 aliphatic rings. The molecule has 0 unspecified atom stereocenters. The summed E-state index contributed by atoms with van der Waals surface area (Å²) in [5, 5.41) is 11.4. The van der Waals surface area contributed by atoms with E-state index < -0.39 is 0 Å². The summed E-state index contributed by atoms with van der Waals surface area (Å²) in [6.07, 6.45) is 0. The van der Waals surface area contributed by atoms with E-state index in [-0.39, 0.29) is 11.2 Å². The number of nitrogens with one attached hydrogen (secondary N) is 1. The third kappa shape index (κ3) is 4.12. The number of amides is 1. The number of nitrogens with zero attached hydrogens (tertiary/aromatic N) is 2. The number of thioether (sulfide) groups is 1. The molecule has 1 amide bonds. The first-order valence-corrected chi connectivity index (χ1v) is 9.03. The Balaban J connectivity index is 1.70. The summed E-state index contributed by atoms with van der Waals surface area (Å²) < 4.78 is 0.832. The standard InChI is InChI=1S/C17H16N4OS2/c1-11(23-17-21-20-16(18)24-17)13-8-5-9-14(10-13)19-15(22)12-6-3-2-4-7-12/h2-11H,1H3,(H2,18,20)(H,19,22)/t11-/m1/s1. The molecule has 0 spiro atoms. The molecule has 3 N–H and O–H groups in total. The number of nitrogen functional groups attached to an aromatic ring is 1. The minimum atomic E-state index is -0.120.